The first-order valence-electron chi connectivity index (χ1n) is 8.90. The number of nitrogens with two attached hydrogens (primary N) is 1. The molecule has 2 N–H and O–H groups in total. The number of anilines is 1. The molecule has 1 amide bonds. The van der Waals surface area contributed by atoms with E-state index >= 15 is 0 Å². The van der Waals surface area contributed by atoms with E-state index in [0.29, 0.717) is 28.8 Å². The van der Waals surface area contributed by atoms with Crippen LogP contribution in [0.5, 0.6) is 0 Å². The Bertz CT molecular complexity index is 1160. The minimum atomic E-state index is -0.504. The summed E-state index contributed by atoms with van der Waals surface area (Å²) in [6.07, 6.45) is 3.80. The smallest absolute Gasteiger partial charge is 0.253 e. The summed E-state index contributed by atoms with van der Waals surface area (Å²) >= 11 is 5.00. The van der Waals surface area contributed by atoms with E-state index in [0.717, 1.165) is 21.4 Å². The van der Waals surface area contributed by atoms with Gasteiger partial charge in [0.15, 0.2) is 0 Å². The molecule has 29 heavy (non-hydrogen) atoms. The first kappa shape index (κ1) is 19.5. The summed E-state index contributed by atoms with van der Waals surface area (Å²) in [5.74, 6) is -0.00772. The summed E-state index contributed by atoms with van der Waals surface area (Å²) in [6, 6.07) is 19.3. The summed E-state index contributed by atoms with van der Waals surface area (Å²) in [6.45, 7) is 0.634. The largest absolute Gasteiger partial charge is 0.455 e. The lowest BCUT2D eigenvalue weighted by atomic mass is 10.0. The SMILES string of the molecule is CSN(Cc1ccc(Br)cn1)c1ccc2c(C(N)=O)c(-c3ccccc3)oc2c1. The van der Waals surface area contributed by atoms with Crippen molar-refractivity contribution in [3.05, 3.63) is 82.6 Å². The molecule has 0 fully saturated rings. The predicted octanol–water partition coefficient (Wildman–Crippen LogP) is 5.64. The van der Waals surface area contributed by atoms with Gasteiger partial charge in [0.05, 0.1) is 23.5 Å². The number of hydrogen-bond acceptors (Lipinski definition) is 5. The fourth-order valence-corrected chi connectivity index (χ4v) is 4.01. The van der Waals surface area contributed by atoms with E-state index in [-0.39, 0.29) is 0 Å². The lowest BCUT2D eigenvalue weighted by Crippen LogP contribution is -2.14. The third-order valence-corrected chi connectivity index (χ3v) is 5.81. The molecule has 146 valence electrons. The van der Waals surface area contributed by atoms with Crippen LogP contribution in [0.4, 0.5) is 5.69 Å². The second kappa shape index (κ2) is 8.31. The lowest BCUT2D eigenvalue weighted by Gasteiger charge is -2.21. The molecule has 0 spiro atoms. The quantitative estimate of drug-likeness (QED) is 0.371. The molecule has 2 aromatic carbocycles. The maximum atomic E-state index is 12.1. The topological polar surface area (TPSA) is 72.4 Å². The van der Waals surface area contributed by atoms with Gasteiger partial charge in [-0.05, 0) is 40.2 Å². The molecular weight excluding hydrogens is 450 g/mol. The van der Waals surface area contributed by atoms with E-state index in [2.05, 4.69) is 25.2 Å². The fraction of sp³-hybridized carbons (Fsp3) is 0.0909. The van der Waals surface area contributed by atoms with Gasteiger partial charge >= 0.3 is 0 Å². The first-order chi connectivity index (χ1) is 14.1. The summed E-state index contributed by atoms with van der Waals surface area (Å²) in [5.41, 5.74) is 9.43. The highest BCUT2D eigenvalue weighted by Gasteiger charge is 2.21. The molecule has 0 aliphatic carbocycles. The van der Waals surface area contributed by atoms with Crippen molar-refractivity contribution in [1.29, 1.82) is 0 Å². The molecule has 0 aliphatic rings. The number of carbonyl (C=O) groups excluding carboxylic acids is 1. The molecule has 2 aromatic heterocycles. The number of hydrogen-bond donors (Lipinski definition) is 1. The first-order valence-corrected chi connectivity index (χ1v) is 10.9. The Morgan fingerprint density at radius 1 is 1.17 bits per heavy atom. The lowest BCUT2D eigenvalue weighted by molar-refractivity contribution is 0.100. The zero-order chi connectivity index (χ0) is 20.4. The predicted molar refractivity (Wildman–Crippen MR) is 122 cm³/mol. The van der Waals surface area contributed by atoms with Gasteiger partial charge in [-0.25, -0.2) is 0 Å². The van der Waals surface area contributed by atoms with E-state index in [1.807, 2.05) is 66.9 Å². The zero-order valence-electron chi connectivity index (χ0n) is 15.6. The summed E-state index contributed by atoms with van der Waals surface area (Å²) in [4.78, 5) is 16.6. The number of rotatable bonds is 6. The Balaban J connectivity index is 1.75. The van der Waals surface area contributed by atoms with Crippen LogP contribution in [0.25, 0.3) is 22.3 Å². The van der Waals surface area contributed by atoms with Crippen LogP contribution in [-0.4, -0.2) is 17.1 Å². The van der Waals surface area contributed by atoms with Crippen LogP contribution in [0, 0.1) is 0 Å². The summed E-state index contributed by atoms with van der Waals surface area (Å²) in [5, 5.41) is 0.711. The number of fused-ring (bicyclic) bond motifs is 1. The Hall–Kier alpha value is -2.77. The van der Waals surface area contributed by atoms with Gasteiger partial charge in [0, 0.05) is 33.9 Å². The van der Waals surface area contributed by atoms with Crippen LogP contribution >= 0.6 is 27.9 Å². The van der Waals surface area contributed by atoms with Gasteiger partial charge in [-0.15, -0.1) is 0 Å². The van der Waals surface area contributed by atoms with Crippen LogP contribution in [0.3, 0.4) is 0 Å². The second-order valence-electron chi connectivity index (χ2n) is 6.40. The molecule has 4 rings (SSSR count). The van der Waals surface area contributed by atoms with Gasteiger partial charge in [-0.2, -0.15) is 0 Å². The maximum absolute atomic E-state index is 12.1. The van der Waals surface area contributed by atoms with Crippen LogP contribution in [0.15, 0.2) is 75.8 Å². The number of halogens is 1. The van der Waals surface area contributed by atoms with Gasteiger partial charge in [0.25, 0.3) is 5.91 Å². The number of primary amides is 1. The van der Waals surface area contributed by atoms with E-state index in [1.165, 1.54) is 0 Å². The zero-order valence-corrected chi connectivity index (χ0v) is 18.0. The number of pyridine rings is 1. The average molecular weight is 468 g/mol. The van der Waals surface area contributed by atoms with Gasteiger partial charge in [0.1, 0.15) is 11.3 Å². The second-order valence-corrected chi connectivity index (χ2v) is 8.13. The Morgan fingerprint density at radius 2 is 1.97 bits per heavy atom. The highest BCUT2D eigenvalue weighted by molar-refractivity contribution is 9.10. The molecule has 0 aliphatic heterocycles. The Kier molecular flexibility index (Phi) is 5.60. The third-order valence-electron chi connectivity index (χ3n) is 4.56. The number of furan rings is 1. The van der Waals surface area contributed by atoms with Crippen molar-refractivity contribution in [3.8, 4) is 11.3 Å². The Morgan fingerprint density at radius 3 is 2.62 bits per heavy atom. The molecule has 0 radical (unpaired) electrons. The molecule has 0 saturated carbocycles. The molecule has 0 saturated heterocycles. The molecule has 5 nitrogen and oxygen atoms in total. The number of amides is 1. The standard InChI is InChI=1S/C22H18BrN3O2S/c1-29-26(13-16-8-7-15(23)12-25-16)17-9-10-18-19(11-17)28-21(20(18)22(24)27)14-5-3-2-4-6-14/h2-12H,13H2,1H3,(H2,24,27). The fourth-order valence-electron chi connectivity index (χ4n) is 3.19. The van der Waals surface area contributed by atoms with E-state index < -0.39 is 5.91 Å². The third kappa shape index (κ3) is 4.02. The van der Waals surface area contributed by atoms with Crippen molar-refractivity contribution >= 4 is 50.4 Å². The molecule has 2 heterocycles. The van der Waals surface area contributed by atoms with Crippen molar-refractivity contribution in [1.82, 2.24) is 4.98 Å². The van der Waals surface area contributed by atoms with Gasteiger partial charge < -0.3 is 14.5 Å². The minimum Gasteiger partial charge on any atom is -0.455 e. The van der Waals surface area contributed by atoms with Crippen molar-refractivity contribution in [2.75, 3.05) is 10.6 Å². The molecule has 7 heteroatoms. The average Bonchev–Trinajstić information content (AvgIpc) is 3.13. The van der Waals surface area contributed by atoms with Gasteiger partial charge in [-0.3, -0.25) is 9.78 Å². The molecule has 0 unspecified atom stereocenters. The van der Waals surface area contributed by atoms with Crippen molar-refractivity contribution in [2.24, 2.45) is 5.73 Å². The van der Waals surface area contributed by atoms with Crippen LogP contribution in [0.2, 0.25) is 0 Å². The molecule has 4 aromatic rings. The summed E-state index contributed by atoms with van der Waals surface area (Å²) < 4.78 is 9.15. The van der Waals surface area contributed by atoms with E-state index in [1.54, 1.807) is 18.1 Å². The number of aromatic nitrogens is 1. The maximum Gasteiger partial charge on any atom is 0.253 e. The van der Waals surface area contributed by atoms with Crippen LogP contribution in [0.1, 0.15) is 16.1 Å². The number of nitrogens with zero attached hydrogens (tertiary/aromatic N) is 2. The van der Waals surface area contributed by atoms with Crippen LogP contribution in [-0.2, 0) is 6.54 Å². The van der Waals surface area contributed by atoms with Gasteiger partial charge in [0.2, 0.25) is 0 Å². The van der Waals surface area contributed by atoms with Gasteiger partial charge in [-0.1, -0.05) is 42.3 Å². The van der Waals surface area contributed by atoms with Crippen molar-refractivity contribution < 1.29 is 9.21 Å². The minimum absolute atomic E-state index is 0.406. The highest BCUT2D eigenvalue weighted by Crippen LogP contribution is 2.36. The molecule has 0 atom stereocenters. The van der Waals surface area contributed by atoms with Crippen molar-refractivity contribution in [3.63, 3.8) is 0 Å². The van der Waals surface area contributed by atoms with Crippen molar-refractivity contribution in [2.45, 2.75) is 6.54 Å². The highest BCUT2D eigenvalue weighted by atomic mass is 79.9. The van der Waals surface area contributed by atoms with E-state index in [9.17, 15) is 4.79 Å². The monoisotopic (exact) mass is 467 g/mol. The summed E-state index contributed by atoms with van der Waals surface area (Å²) in [7, 11) is 0. The molecular formula is C22H18BrN3O2S. The number of carbonyl (C=O) groups is 1. The normalized spacial score (nSPS) is 11.0. The van der Waals surface area contributed by atoms with E-state index in [4.69, 9.17) is 10.2 Å². The Labute approximate surface area is 181 Å². The number of benzene rings is 2. The van der Waals surface area contributed by atoms with Crippen LogP contribution < -0.4 is 10.0 Å². The molecule has 0 bridgehead atoms.